The second kappa shape index (κ2) is 6.22. The first-order valence-electron chi connectivity index (χ1n) is 6.70. The summed E-state index contributed by atoms with van der Waals surface area (Å²) in [6.45, 7) is 4.49. The molecule has 1 aromatic rings. The monoisotopic (exact) mass is 236 g/mol. The Morgan fingerprint density at radius 2 is 2.41 bits per heavy atom. The zero-order chi connectivity index (χ0) is 12.1. The first-order chi connectivity index (χ1) is 8.25. The van der Waals surface area contributed by atoms with Crippen molar-refractivity contribution >= 4 is 0 Å². The molecule has 1 aromatic heterocycles. The molecule has 17 heavy (non-hydrogen) atoms. The van der Waals surface area contributed by atoms with Gasteiger partial charge in [0.2, 0.25) is 0 Å². The number of hydrogen-bond donors (Lipinski definition) is 1. The van der Waals surface area contributed by atoms with Gasteiger partial charge in [-0.25, -0.2) is 0 Å². The van der Waals surface area contributed by atoms with Gasteiger partial charge in [0.25, 0.3) is 0 Å². The molecule has 2 rings (SSSR count). The van der Waals surface area contributed by atoms with Crippen molar-refractivity contribution in [3.8, 4) is 0 Å². The lowest BCUT2D eigenvalue weighted by Crippen LogP contribution is -2.40. The second-order valence-electron chi connectivity index (χ2n) is 5.28. The van der Waals surface area contributed by atoms with Crippen molar-refractivity contribution in [3.63, 3.8) is 0 Å². The molecule has 2 heterocycles. The Morgan fingerprint density at radius 1 is 1.53 bits per heavy atom. The molecule has 0 aromatic carbocycles. The zero-order valence-corrected chi connectivity index (χ0v) is 11.0. The molecule has 3 heteroatoms. The molecule has 0 spiro atoms. The smallest absolute Gasteiger partial charge is 0.0947 e. The van der Waals surface area contributed by atoms with Gasteiger partial charge in [-0.05, 0) is 45.8 Å². The Kier molecular flexibility index (Phi) is 4.63. The minimum atomic E-state index is 0.612. The summed E-state index contributed by atoms with van der Waals surface area (Å²) in [4.78, 5) is 2.40. The van der Waals surface area contributed by atoms with Crippen LogP contribution in [0.3, 0.4) is 0 Å². The highest BCUT2D eigenvalue weighted by molar-refractivity contribution is 5.04. The Morgan fingerprint density at radius 3 is 3.06 bits per heavy atom. The normalized spacial score (nSPS) is 22.9. The topological polar surface area (TPSA) is 28.4 Å². The Bertz CT molecular complexity index is 304. The molecule has 0 aliphatic carbocycles. The van der Waals surface area contributed by atoms with Crippen molar-refractivity contribution in [1.82, 2.24) is 10.2 Å². The molecular weight excluding hydrogens is 212 g/mol. The van der Waals surface area contributed by atoms with E-state index in [9.17, 15) is 0 Å². The molecule has 2 unspecified atom stereocenters. The number of nitrogens with zero attached hydrogens (tertiary/aromatic N) is 1. The lowest BCUT2D eigenvalue weighted by Gasteiger charge is -2.30. The minimum absolute atomic E-state index is 0.612. The Hall–Kier alpha value is -0.800. The van der Waals surface area contributed by atoms with Gasteiger partial charge in [-0.1, -0.05) is 6.42 Å². The first kappa shape index (κ1) is 12.7. The van der Waals surface area contributed by atoms with Gasteiger partial charge >= 0.3 is 0 Å². The maximum absolute atomic E-state index is 5.11. The highest BCUT2D eigenvalue weighted by atomic mass is 16.3. The van der Waals surface area contributed by atoms with Crippen LogP contribution in [0.1, 0.15) is 38.2 Å². The van der Waals surface area contributed by atoms with Crippen molar-refractivity contribution in [2.24, 2.45) is 0 Å². The van der Waals surface area contributed by atoms with Crippen LogP contribution in [0.15, 0.2) is 23.0 Å². The summed E-state index contributed by atoms with van der Waals surface area (Å²) in [5.74, 6) is 0. The lowest BCUT2D eigenvalue weighted by atomic mass is 9.98. The largest absolute Gasteiger partial charge is 0.472 e. The predicted molar refractivity (Wildman–Crippen MR) is 69.9 cm³/mol. The summed E-state index contributed by atoms with van der Waals surface area (Å²) < 4.78 is 5.11. The molecule has 0 saturated carbocycles. The molecule has 3 nitrogen and oxygen atoms in total. The number of rotatable bonds is 5. The van der Waals surface area contributed by atoms with E-state index in [1.54, 1.807) is 6.26 Å². The van der Waals surface area contributed by atoms with Gasteiger partial charge in [-0.2, -0.15) is 0 Å². The van der Waals surface area contributed by atoms with Crippen molar-refractivity contribution in [1.29, 1.82) is 0 Å². The summed E-state index contributed by atoms with van der Waals surface area (Å²) >= 11 is 0. The van der Waals surface area contributed by atoms with Crippen LogP contribution >= 0.6 is 0 Å². The molecule has 1 aliphatic rings. The fraction of sp³-hybridized carbons (Fsp3) is 0.714. The van der Waals surface area contributed by atoms with Crippen LogP contribution in [0.25, 0.3) is 0 Å². The van der Waals surface area contributed by atoms with Crippen LogP contribution in [-0.4, -0.2) is 30.6 Å². The Labute approximate surface area is 104 Å². The van der Waals surface area contributed by atoms with Crippen LogP contribution in [0.4, 0.5) is 0 Å². The number of hydrogen-bond acceptors (Lipinski definition) is 3. The zero-order valence-electron chi connectivity index (χ0n) is 11.0. The van der Waals surface area contributed by atoms with Gasteiger partial charge in [0.1, 0.15) is 0 Å². The van der Waals surface area contributed by atoms with Gasteiger partial charge in [-0.15, -0.1) is 0 Å². The van der Waals surface area contributed by atoms with E-state index >= 15 is 0 Å². The number of piperidine rings is 1. The molecular formula is C14H24N2O. The van der Waals surface area contributed by atoms with Gasteiger partial charge < -0.3 is 9.73 Å². The van der Waals surface area contributed by atoms with Crippen molar-refractivity contribution in [2.75, 3.05) is 13.6 Å². The SMILES string of the molecule is CC(CC1CCCCN1)N(C)Cc1ccoc1. The first-order valence-corrected chi connectivity index (χ1v) is 6.70. The average Bonchev–Trinajstić information content (AvgIpc) is 2.83. The van der Waals surface area contributed by atoms with Gasteiger partial charge in [0, 0.05) is 24.2 Å². The highest BCUT2D eigenvalue weighted by Gasteiger charge is 2.18. The third-order valence-corrected chi connectivity index (χ3v) is 3.80. The molecule has 0 radical (unpaired) electrons. The molecule has 2 atom stereocenters. The second-order valence-corrected chi connectivity index (χ2v) is 5.28. The maximum atomic E-state index is 5.11. The number of furan rings is 1. The fourth-order valence-electron chi connectivity index (χ4n) is 2.54. The van der Waals surface area contributed by atoms with E-state index in [1.807, 2.05) is 12.3 Å². The van der Waals surface area contributed by atoms with Gasteiger partial charge in [0.15, 0.2) is 0 Å². The molecule has 1 fully saturated rings. The summed E-state index contributed by atoms with van der Waals surface area (Å²) in [6, 6.07) is 3.37. The average molecular weight is 236 g/mol. The molecule has 0 amide bonds. The van der Waals surface area contributed by atoms with Crippen molar-refractivity contribution < 1.29 is 4.42 Å². The molecule has 1 saturated heterocycles. The van der Waals surface area contributed by atoms with Crippen LogP contribution < -0.4 is 5.32 Å². The quantitative estimate of drug-likeness (QED) is 0.852. The molecule has 96 valence electrons. The maximum Gasteiger partial charge on any atom is 0.0947 e. The van der Waals surface area contributed by atoms with Crippen molar-refractivity contribution in [2.45, 2.75) is 51.2 Å². The van der Waals surface area contributed by atoms with E-state index in [1.165, 1.54) is 37.8 Å². The van der Waals surface area contributed by atoms with Crippen LogP contribution in [0.2, 0.25) is 0 Å². The molecule has 1 aliphatic heterocycles. The van der Waals surface area contributed by atoms with Crippen molar-refractivity contribution in [3.05, 3.63) is 24.2 Å². The fourth-order valence-corrected chi connectivity index (χ4v) is 2.54. The minimum Gasteiger partial charge on any atom is -0.472 e. The number of nitrogens with one attached hydrogen (secondary N) is 1. The summed E-state index contributed by atoms with van der Waals surface area (Å²) in [5, 5.41) is 3.62. The van der Waals surface area contributed by atoms with Crippen LogP contribution in [0.5, 0.6) is 0 Å². The predicted octanol–water partition coefficient (Wildman–Crippen LogP) is 2.63. The van der Waals surface area contributed by atoms with E-state index < -0.39 is 0 Å². The standard InChI is InChI=1S/C14H24N2O/c1-12(9-14-5-3-4-7-15-14)16(2)10-13-6-8-17-11-13/h6,8,11-12,14-15H,3-5,7,9-10H2,1-2H3. The third-order valence-electron chi connectivity index (χ3n) is 3.80. The highest BCUT2D eigenvalue weighted by Crippen LogP contribution is 2.16. The van der Waals surface area contributed by atoms with E-state index in [2.05, 4.69) is 24.2 Å². The van der Waals surface area contributed by atoms with Gasteiger partial charge in [-0.3, -0.25) is 4.90 Å². The van der Waals surface area contributed by atoms with E-state index in [-0.39, 0.29) is 0 Å². The van der Waals surface area contributed by atoms with E-state index in [0.29, 0.717) is 12.1 Å². The summed E-state index contributed by atoms with van der Waals surface area (Å²) in [7, 11) is 2.19. The van der Waals surface area contributed by atoms with E-state index in [4.69, 9.17) is 4.42 Å². The lowest BCUT2D eigenvalue weighted by molar-refractivity contribution is 0.209. The summed E-state index contributed by atoms with van der Waals surface area (Å²) in [6.07, 6.45) is 8.89. The Balaban J connectivity index is 1.76. The molecule has 0 bridgehead atoms. The van der Waals surface area contributed by atoms with Crippen LogP contribution in [0, 0.1) is 0 Å². The van der Waals surface area contributed by atoms with Gasteiger partial charge in [0.05, 0.1) is 12.5 Å². The van der Waals surface area contributed by atoms with Crippen LogP contribution in [-0.2, 0) is 6.54 Å². The van der Waals surface area contributed by atoms with E-state index in [0.717, 1.165) is 6.54 Å². The summed E-state index contributed by atoms with van der Waals surface area (Å²) in [5.41, 5.74) is 1.26. The molecule has 1 N–H and O–H groups in total. The third kappa shape index (κ3) is 3.86.